The number of hydrogen-bond acceptors (Lipinski definition) is 5. The van der Waals surface area contributed by atoms with Crippen LogP contribution in [0.5, 0.6) is 5.75 Å². The van der Waals surface area contributed by atoms with Gasteiger partial charge in [-0.15, -0.1) is 0 Å². The summed E-state index contributed by atoms with van der Waals surface area (Å²) in [4.78, 5) is 44.8. The topological polar surface area (TPSA) is 88.7 Å². The standard InChI is InChI=1S/C30H28N2O5/c1-3-19-12-9-13-22-23(17-31-27(19)22)28(34)29(20-10-5-4-6-11-20)37-30(35)21-16-26(33)32(18-21)24-14-7-8-15-25(24)36-2/h4-15,17,21,29,31H,3,16,18H2,1-2H3/t21-,29+/m1/s1. The summed E-state index contributed by atoms with van der Waals surface area (Å²) in [7, 11) is 1.54. The molecule has 7 nitrogen and oxygen atoms in total. The summed E-state index contributed by atoms with van der Waals surface area (Å²) < 4.78 is 11.3. The van der Waals surface area contributed by atoms with E-state index in [0.717, 1.165) is 22.9 Å². The van der Waals surface area contributed by atoms with Crippen LogP contribution in [0, 0.1) is 5.92 Å². The van der Waals surface area contributed by atoms with Crippen LogP contribution in [0.3, 0.4) is 0 Å². The van der Waals surface area contributed by atoms with Crippen LogP contribution < -0.4 is 9.64 Å². The first-order chi connectivity index (χ1) is 18.0. The van der Waals surface area contributed by atoms with Crippen molar-refractivity contribution in [1.82, 2.24) is 4.98 Å². The molecule has 3 aromatic carbocycles. The van der Waals surface area contributed by atoms with Crippen LogP contribution in [0.15, 0.2) is 79.0 Å². The highest BCUT2D eigenvalue weighted by atomic mass is 16.5. The first kappa shape index (κ1) is 24.3. The van der Waals surface area contributed by atoms with Gasteiger partial charge >= 0.3 is 5.97 Å². The predicted molar refractivity (Wildman–Crippen MR) is 141 cm³/mol. The number of aromatic amines is 1. The second-order valence-corrected chi connectivity index (χ2v) is 9.06. The number of ether oxygens (including phenoxy) is 2. The molecule has 1 amide bonds. The summed E-state index contributed by atoms with van der Waals surface area (Å²) >= 11 is 0. The molecular weight excluding hydrogens is 468 g/mol. The Bertz CT molecular complexity index is 1460. The van der Waals surface area contributed by atoms with E-state index in [1.807, 2.05) is 36.4 Å². The number of aryl methyl sites for hydroxylation is 1. The summed E-state index contributed by atoms with van der Waals surface area (Å²) in [5.74, 6) is -1.25. The number of carbonyl (C=O) groups is 3. The van der Waals surface area contributed by atoms with Gasteiger partial charge in [-0.05, 0) is 24.1 Å². The Morgan fingerprint density at radius 1 is 1.03 bits per heavy atom. The number of benzene rings is 3. The number of amides is 1. The minimum Gasteiger partial charge on any atom is -0.495 e. The van der Waals surface area contributed by atoms with Crippen LogP contribution >= 0.6 is 0 Å². The molecule has 1 N–H and O–H groups in total. The summed E-state index contributed by atoms with van der Waals surface area (Å²) in [6.45, 7) is 2.21. The molecule has 0 radical (unpaired) electrons. The molecule has 1 aliphatic rings. The van der Waals surface area contributed by atoms with E-state index in [-0.39, 0.29) is 24.7 Å². The highest BCUT2D eigenvalue weighted by Gasteiger charge is 2.39. The lowest BCUT2D eigenvalue weighted by molar-refractivity contribution is -0.152. The number of Topliss-reactive ketones (excluding diaryl/α,β-unsaturated/α-hetero) is 1. The maximum absolute atomic E-state index is 13.8. The van der Waals surface area contributed by atoms with Gasteiger partial charge in [-0.2, -0.15) is 0 Å². The van der Waals surface area contributed by atoms with Crippen molar-refractivity contribution in [2.45, 2.75) is 25.9 Å². The number of fused-ring (bicyclic) bond motifs is 1. The molecule has 188 valence electrons. The zero-order valence-electron chi connectivity index (χ0n) is 20.8. The van der Waals surface area contributed by atoms with Crippen LogP contribution in [0.4, 0.5) is 5.69 Å². The molecule has 1 saturated heterocycles. The van der Waals surface area contributed by atoms with Gasteiger partial charge in [0.2, 0.25) is 11.7 Å². The number of nitrogens with zero attached hydrogens (tertiary/aromatic N) is 1. The van der Waals surface area contributed by atoms with Crippen LogP contribution in [-0.2, 0) is 20.7 Å². The summed E-state index contributed by atoms with van der Waals surface area (Å²) in [5.41, 5.74) is 3.65. The van der Waals surface area contributed by atoms with Gasteiger partial charge in [0.05, 0.1) is 18.7 Å². The lowest BCUT2D eigenvalue weighted by atomic mass is 9.98. The van der Waals surface area contributed by atoms with Crippen molar-refractivity contribution >= 4 is 34.3 Å². The van der Waals surface area contributed by atoms with E-state index in [1.54, 1.807) is 42.6 Å². The number of methoxy groups -OCH3 is 1. The molecule has 2 heterocycles. The molecule has 0 unspecified atom stereocenters. The molecule has 1 fully saturated rings. The average molecular weight is 497 g/mol. The molecule has 4 aromatic rings. The Balaban J connectivity index is 1.42. The fourth-order valence-corrected chi connectivity index (χ4v) is 4.92. The number of hydrogen-bond donors (Lipinski definition) is 1. The van der Waals surface area contributed by atoms with Gasteiger partial charge in [0.1, 0.15) is 5.75 Å². The third-order valence-electron chi connectivity index (χ3n) is 6.86. The first-order valence-corrected chi connectivity index (χ1v) is 12.3. The third kappa shape index (κ3) is 4.60. The zero-order valence-corrected chi connectivity index (χ0v) is 20.8. The molecule has 1 aliphatic heterocycles. The van der Waals surface area contributed by atoms with Crippen molar-refractivity contribution in [3.63, 3.8) is 0 Å². The SMILES string of the molecule is CCc1cccc2c(C(=O)[C@@H](OC(=O)[C@@H]3CC(=O)N(c4ccccc4OC)C3)c3ccccc3)c[nH]c12. The molecule has 0 saturated carbocycles. The van der Waals surface area contributed by atoms with Gasteiger partial charge in [-0.3, -0.25) is 14.4 Å². The van der Waals surface area contributed by atoms with Crippen LogP contribution in [0.2, 0.25) is 0 Å². The Labute approximate surface area is 215 Å². The van der Waals surface area contributed by atoms with E-state index in [0.29, 0.717) is 22.6 Å². The maximum atomic E-state index is 13.8. The molecule has 0 spiro atoms. The van der Waals surface area contributed by atoms with Gasteiger partial charge < -0.3 is 19.4 Å². The Morgan fingerprint density at radius 3 is 2.54 bits per heavy atom. The number of anilines is 1. The van der Waals surface area contributed by atoms with Gasteiger partial charge in [0, 0.05) is 41.2 Å². The number of ketones is 1. The Kier molecular flexibility index (Phi) is 6.77. The molecule has 5 rings (SSSR count). The van der Waals surface area contributed by atoms with E-state index >= 15 is 0 Å². The number of para-hydroxylation sites is 3. The summed E-state index contributed by atoms with van der Waals surface area (Å²) in [6.07, 6.45) is 1.37. The van der Waals surface area contributed by atoms with E-state index in [9.17, 15) is 14.4 Å². The van der Waals surface area contributed by atoms with Crippen molar-refractivity contribution in [2.75, 3.05) is 18.6 Å². The van der Waals surface area contributed by atoms with Crippen LogP contribution in [0.25, 0.3) is 10.9 Å². The molecule has 1 aromatic heterocycles. The normalized spacial score (nSPS) is 16.1. The lowest BCUT2D eigenvalue weighted by Crippen LogP contribution is -2.28. The quantitative estimate of drug-likeness (QED) is 0.266. The minimum absolute atomic E-state index is 0.000469. The minimum atomic E-state index is -1.13. The van der Waals surface area contributed by atoms with Crippen molar-refractivity contribution in [3.8, 4) is 5.75 Å². The lowest BCUT2D eigenvalue weighted by Gasteiger charge is -2.21. The highest BCUT2D eigenvalue weighted by molar-refractivity contribution is 6.11. The van der Waals surface area contributed by atoms with Crippen molar-refractivity contribution < 1.29 is 23.9 Å². The fraction of sp³-hybridized carbons (Fsp3) is 0.233. The van der Waals surface area contributed by atoms with Gasteiger partial charge in [-0.25, -0.2) is 0 Å². The summed E-state index contributed by atoms with van der Waals surface area (Å²) in [6, 6.07) is 22.0. The van der Waals surface area contributed by atoms with Crippen LogP contribution in [0.1, 0.15) is 40.9 Å². The fourth-order valence-electron chi connectivity index (χ4n) is 4.92. The van der Waals surface area contributed by atoms with Gasteiger partial charge in [-0.1, -0.05) is 67.6 Å². The number of nitrogens with one attached hydrogen (secondary N) is 1. The Morgan fingerprint density at radius 2 is 1.78 bits per heavy atom. The number of rotatable bonds is 8. The van der Waals surface area contributed by atoms with Crippen molar-refractivity contribution in [2.24, 2.45) is 5.92 Å². The predicted octanol–water partition coefficient (Wildman–Crippen LogP) is 5.26. The largest absolute Gasteiger partial charge is 0.495 e. The second kappa shape index (κ2) is 10.3. The van der Waals surface area contributed by atoms with E-state index < -0.39 is 18.0 Å². The third-order valence-corrected chi connectivity index (χ3v) is 6.86. The molecular formula is C30H28N2O5. The maximum Gasteiger partial charge on any atom is 0.312 e. The van der Waals surface area contributed by atoms with E-state index in [2.05, 4.69) is 11.9 Å². The number of H-pyrrole nitrogens is 1. The van der Waals surface area contributed by atoms with E-state index in [4.69, 9.17) is 9.47 Å². The van der Waals surface area contributed by atoms with Crippen LogP contribution in [-0.4, -0.2) is 36.3 Å². The highest BCUT2D eigenvalue weighted by Crippen LogP contribution is 2.35. The van der Waals surface area contributed by atoms with Gasteiger partial charge in [0.15, 0.2) is 6.10 Å². The van der Waals surface area contributed by atoms with Crippen molar-refractivity contribution in [3.05, 3.63) is 95.7 Å². The molecule has 7 heteroatoms. The monoisotopic (exact) mass is 496 g/mol. The van der Waals surface area contributed by atoms with Gasteiger partial charge in [0.25, 0.3) is 0 Å². The molecule has 2 atom stereocenters. The molecule has 37 heavy (non-hydrogen) atoms. The average Bonchev–Trinajstić information content (AvgIpc) is 3.55. The second-order valence-electron chi connectivity index (χ2n) is 9.06. The number of esters is 1. The van der Waals surface area contributed by atoms with Crippen molar-refractivity contribution in [1.29, 1.82) is 0 Å². The zero-order chi connectivity index (χ0) is 25.9. The smallest absolute Gasteiger partial charge is 0.312 e. The molecule has 0 bridgehead atoms. The Hall–Kier alpha value is -4.39. The number of aromatic nitrogens is 1. The van der Waals surface area contributed by atoms with E-state index in [1.165, 1.54) is 12.0 Å². The molecule has 0 aliphatic carbocycles. The summed E-state index contributed by atoms with van der Waals surface area (Å²) in [5, 5.41) is 0.791. The number of carbonyl (C=O) groups excluding carboxylic acids is 3. The first-order valence-electron chi connectivity index (χ1n) is 12.3.